The highest BCUT2D eigenvalue weighted by Crippen LogP contribution is 2.27. The molecule has 1 saturated heterocycles. The Kier molecular flexibility index (Phi) is 3.37. The fourth-order valence-corrected chi connectivity index (χ4v) is 2.48. The van der Waals surface area contributed by atoms with Gasteiger partial charge >= 0.3 is 0 Å². The molecule has 0 radical (unpaired) electrons. The van der Waals surface area contributed by atoms with Crippen molar-refractivity contribution in [1.82, 2.24) is 0 Å². The Balaban J connectivity index is 2.29. The predicted molar refractivity (Wildman–Crippen MR) is 71.0 cm³/mol. The van der Waals surface area contributed by atoms with Gasteiger partial charge in [-0.2, -0.15) is 0 Å². The monoisotopic (exact) mass is 218 g/mol. The Morgan fingerprint density at radius 3 is 2.50 bits per heavy atom. The van der Waals surface area contributed by atoms with Gasteiger partial charge in [0.25, 0.3) is 0 Å². The molecule has 2 nitrogen and oxygen atoms in total. The molecule has 0 amide bonds. The number of benzene rings is 1. The lowest BCUT2D eigenvalue weighted by Crippen LogP contribution is -2.29. The van der Waals surface area contributed by atoms with E-state index in [0.29, 0.717) is 0 Å². The van der Waals surface area contributed by atoms with Crippen molar-refractivity contribution >= 4 is 11.4 Å². The highest BCUT2D eigenvalue weighted by atomic mass is 15.1. The summed E-state index contributed by atoms with van der Waals surface area (Å²) < 4.78 is 0. The van der Waals surface area contributed by atoms with E-state index in [1.165, 1.54) is 49.2 Å². The third kappa shape index (κ3) is 2.16. The lowest BCUT2D eigenvalue weighted by molar-refractivity contribution is 0.577. The third-order valence-corrected chi connectivity index (χ3v) is 3.56. The minimum absolute atomic E-state index is 0.975. The smallest absolute Gasteiger partial charge is 0.0377 e. The Morgan fingerprint density at radius 2 is 1.88 bits per heavy atom. The number of aryl methyl sites for hydroxylation is 2. The molecule has 0 bridgehead atoms. The fraction of sp³-hybridized carbons (Fsp3) is 0.571. The van der Waals surface area contributed by atoms with Gasteiger partial charge in [0.15, 0.2) is 0 Å². The molecule has 2 rings (SSSR count). The van der Waals surface area contributed by atoms with Crippen molar-refractivity contribution in [3.8, 4) is 0 Å². The zero-order valence-electron chi connectivity index (χ0n) is 10.4. The highest BCUT2D eigenvalue weighted by Gasteiger charge is 2.13. The van der Waals surface area contributed by atoms with Crippen LogP contribution in [0, 0.1) is 6.92 Å². The lowest BCUT2D eigenvalue weighted by Gasteiger charge is -2.29. The number of hydrogen-bond acceptors (Lipinski definition) is 2. The molecule has 1 aromatic carbocycles. The van der Waals surface area contributed by atoms with E-state index in [2.05, 4.69) is 30.9 Å². The molecule has 0 saturated carbocycles. The van der Waals surface area contributed by atoms with Crippen LogP contribution in [0.4, 0.5) is 11.4 Å². The quantitative estimate of drug-likeness (QED) is 0.773. The van der Waals surface area contributed by atoms with Gasteiger partial charge in [-0.1, -0.05) is 6.92 Å². The fourth-order valence-electron chi connectivity index (χ4n) is 2.48. The first-order chi connectivity index (χ1) is 7.72. The Morgan fingerprint density at radius 1 is 1.19 bits per heavy atom. The first-order valence-corrected chi connectivity index (χ1v) is 6.36. The van der Waals surface area contributed by atoms with Crippen molar-refractivity contribution in [2.75, 3.05) is 23.7 Å². The van der Waals surface area contributed by atoms with E-state index in [4.69, 9.17) is 5.73 Å². The SMILES string of the molecule is CCc1cc(N2CCCCC2)cc(C)c1N. The van der Waals surface area contributed by atoms with Crippen molar-refractivity contribution in [3.63, 3.8) is 0 Å². The van der Waals surface area contributed by atoms with Crippen LogP contribution < -0.4 is 10.6 Å². The molecule has 2 N–H and O–H groups in total. The Bertz CT molecular complexity index is 365. The van der Waals surface area contributed by atoms with Crippen LogP contribution in [0.2, 0.25) is 0 Å². The van der Waals surface area contributed by atoms with Crippen LogP contribution in [0.15, 0.2) is 12.1 Å². The number of nitrogens with zero attached hydrogens (tertiary/aromatic N) is 1. The molecule has 0 unspecified atom stereocenters. The van der Waals surface area contributed by atoms with Crippen LogP contribution in [0.5, 0.6) is 0 Å². The van der Waals surface area contributed by atoms with Crippen LogP contribution in [0.1, 0.15) is 37.3 Å². The van der Waals surface area contributed by atoms with Gasteiger partial charge in [-0.3, -0.25) is 0 Å². The molecule has 88 valence electrons. The summed E-state index contributed by atoms with van der Waals surface area (Å²) >= 11 is 0. The van der Waals surface area contributed by atoms with Crippen molar-refractivity contribution < 1.29 is 0 Å². The van der Waals surface area contributed by atoms with Gasteiger partial charge in [0, 0.05) is 24.5 Å². The summed E-state index contributed by atoms with van der Waals surface area (Å²) in [4.78, 5) is 2.50. The Labute approximate surface area is 98.4 Å². The summed E-state index contributed by atoms with van der Waals surface area (Å²) in [6.07, 6.45) is 5.05. The number of rotatable bonds is 2. The molecular formula is C14H22N2. The lowest BCUT2D eigenvalue weighted by atomic mass is 10.0. The first kappa shape index (κ1) is 11.3. The van der Waals surface area contributed by atoms with Gasteiger partial charge in [0.2, 0.25) is 0 Å². The molecule has 1 aliphatic heterocycles. The van der Waals surface area contributed by atoms with Gasteiger partial charge in [-0.15, -0.1) is 0 Å². The second-order valence-corrected chi connectivity index (χ2v) is 4.74. The van der Waals surface area contributed by atoms with Gasteiger partial charge in [0.05, 0.1) is 0 Å². The second kappa shape index (κ2) is 4.77. The van der Waals surface area contributed by atoms with E-state index in [9.17, 15) is 0 Å². The molecule has 1 fully saturated rings. The third-order valence-electron chi connectivity index (χ3n) is 3.56. The molecule has 1 aliphatic rings. The highest BCUT2D eigenvalue weighted by molar-refractivity contribution is 5.63. The van der Waals surface area contributed by atoms with Crippen molar-refractivity contribution in [2.45, 2.75) is 39.5 Å². The van der Waals surface area contributed by atoms with Crippen LogP contribution in [0.25, 0.3) is 0 Å². The normalized spacial score (nSPS) is 16.5. The number of hydrogen-bond donors (Lipinski definition) is 1. The number of anilines is 2. The van der Waals surface area contributed by atoms with E-state index >= 15 is 0 Å². The van der Waals surface area contributed by atoms with E-state index in [-0.39, 0.29) is 0 Å². The van der Waals surface area contributed by atoms with E-state index in [1.807, 2.05) is 0 Å². The second-order valence-electron chi connectivity index (χ2n) is 4.74. The molecule has 0 aliphatic carbocycles. The largest absolute Gasteiger partial charge is 0.398 e. The molecule has 16 heavy (non-hydrogen) atoms. The van der Waals surface area contributed by atoms with Crippen LogP contribution >= 0.6 is 0 Å². The maximum absolute atomic E-state index is 6.07. The van der Waals surface area contributed by atoms with Gasteiger partial charge in [-0.25, -0.2) is 0 Å². The Hall–Kier alpha value is -1.18. The molecule has 1 aromatic rings. The predicted octanol–water partition coefficient (Wildman–Crippen LogP) is 3.13. The standard InChI is InChI=1S/C14H22N2/c1-3-12-10-13(9-11(2)14(12)15)16-7-5-4-6-8-16/h9-10H,3-8,15H2,1-2H3. The summed E-state index contributed by atoms with van der Waals surface area (Å²) in [5.74, 6) is 0. The molecule has 0 atom stereocenters. The summed E-state index contributed by atoms with van der Waals surface area (Å²) in [6.45, 7) is 6.69. The van der Waals surface area contributed by atoms with Crippen LogP contribution in [-0.2, 0) is 6.42 Å². The maximum Gasteiger partial charge on any atom is 0.0377 e. The average Bonchev–Trinajstić information content (AvgIpc) is 2.33. The van der Waals surface area contributed by atoms with Crippen molar-refractivity contribution in [2.24, 2.45) is 0 Å². The molecule has 2 heteroatoms. The zero-order chi connectivity index (χ0) is 11.5. The molecule has 0 aromatic heterocycles. The van der Waals surface area contributed by atoms with Gasteiger partial charge in [0.1, 0.15) is 0 Å². The van der Waals surface area contributed by atoms with Gasteiger partial charge < -0.3 is 10.6 Å². The minimum atomic E-state index is 0.975. The van der Waals surface area contributed by atoms with E-state index in [0.717, 1.165) is 12.1 Å². The molecule has 1 heterocycles. The van der Waals surface area contributed by atoms with Crippen molar-refractivity contribution in [1.29, 1.82) is 0 Å². The number of nitrogens with two attached hydrogens (primary N) is 1. The minimum Gasteiger partial charge on any atom is -0.398 e. The average molecular weight is 218 g/mol. The van der Waals surface area contributed by atoms with Crippen LogP contribution in [-0.4, -0.2) is 13.1 Å². The van der Waals surface area contributed by atoms with Gasteiger partial charge in [-0.05, 0) is 55.9 Å². The summed E-state index contributed by atoms with van der Waals surface area (Å²) in [5.41, 5.74) is 10.9. The summed E-state index contributed by atoms with van der Waals surface area (Å²) in [5, 5.41) is 0. The van der Waals surface area contributed by atoms with Crippen molar-refractivity contribution in [3.05, 3.63) is 23.3 Å². The molecule has 0 spiro atoms. The summed E-state index contributed by atoms with van der Waals surface area (Å²) in [7, 11) is 0. The summed E-state index contributed by atoms with van der Waals surface area (Å²) in [6, 6.07) is 4.51. The maximum atomic E-state index is 6.07. The zero-order valence-corrected chi connectivity index (χ0v) is 10.4. The van der Waals surface area contributed by atoms with E-state index < -0.39 is 0 Å². The van der Waals surface area contributed by atoms with E-state index in [1.54, 1.807) is 0 Å². The number of nitrogen functional groups attached to an aromatic ring is 1. The number of piperidine rings is 1. The topological polar surface area (TPSA) is 29.3 Å². The molecular weight excluding hydrogens is 196 g/mol. The van der Waals surface area contributed by atoms with Crippen LogP contribution in [0.3, 0.4) is 0 Å². The first-order valence-electron chi connectivity index (χ1n) is 6.36.